The zero-order chi connectivity index (χ0) is 15.0. The number of aromatic nitrogens is 4. The molecule has 0 aliphatic heterocycles. The highest BCUT2D eigenvalue weighted by atomic mass is 32.1. The Kier molecular flexibility index (Phi) is 3.30. The molecule has 0 bridgehead atoms. The van der Waals surface area contributed by atoms with Crippen molar-refractivity contribution < 1.29 is 9.90 Å². The second kappa shape index (κ2) is 5.13. The van der Waals surface area contributed by atoms with Gasteiger partial charge in [0.25, 0.3) is 0 Å². The van der Waals surface area contributed by atoms with Gasteiger partial charge < -0.3 is 10.4 Å². The fraction of sp³-hybridized carbons (Fsp3) is 0.231. The number of nitrogens with one attached hydrogen (secondary N) is 1. The standard InChI is InChI=1S/C13H13N5O2S/c1-7-5-21-11-9(7)14-6-15-12(11)17-10(13(19)20)8-3-16-18(2)4-8/h3-6,10H,1-2H3,(H,19,20)(H,14,15,17). The van der Waals surface area contributed by atoms with Crippen LogP contribution in [0.4, 0.5) is 5.82 Å². The van der Waals surface area contributed by atoms with E-state index in [1.54, 1.807) is 17.9 Å². The number of nitrogens with zero attached hydrogens (tertiary/aromatic N) is 4. The van der Waals surface area contributed by atoms with Gasteiger partial charge in [0.1, 0.15) is 12.1 Å². The minimum atomic E-state index is -0.983. The maximum Gasteiger partial charge on any atom is 0.330 e. The normalized spacial score (nSPS) is 12.5. The maximum atomic E-state index is 11.5. The van der Waals surface area contributed by atoms with Crippen LogP contribution in [0.5, 0.6) is 0 Å². The molecule has 3 aromatic rings. The smallest absolute Gasteiger partial charge is 0.330 e. The Balaban J connectivity index is 2.00. The number of carboxylic acid groups (broad SMARTS) is 1. The third kappa shape index (κ3) is 2.45. The number of carboxylic acids is 1. The van der Waals surface area contributed by atoms with E-state index in [-0.39, 0.29) is 0 Å². The van der Waals surface area contributed by atoms with E-state index >= 15 is 0 Å². The number of carbonyl (C=O) groups is 1. The highest BCUT2D eigenvalue weighted by Crippen LogP contribution is 2.30. The van der Waals surface area contributed by atoms with Crippen LogP contribution in [0, 0.1) is 6.92 Å². The van der Waals surface area contributed by atoms with E-state index < -0.39 is 12.0 Å². The molecule has 0 amide bonds. The van der Waals surface area contributed by atoms with Gasteiger partial charge in [-0.3, -0.25) is 4.68 Å². The van der Waals surface area contributed by atoms with Crippen LogP contribution < -0.4 is 5.32 Å². The summed E-state index contributed by atoms with van der Waals surface area (Å²) in [6.07, 6.45) is 4.64. The molecule has 8 heteroatoms. The van der Waals surface area contributed by atoms with E-state index in [4.69, 9.17) is 0 Å². The van der Waals surface area contributed by atoms with E-state index in [1.165, 1.54) is 23.9 Å². The van der Waals surface area contributed by atoms with Gasteiger partial charge in [0, 0.05) is 18.8 Å². The van der Waals surface area contributed by atoms with Crippen molar-refractivity contribution in [2.75, 3.05) is 5.32 Å². The largest absolute Gasteiger partial charge is 0.479 e. The molecule has 0 saturated heterocycles. The fourth-order valence-electron chi connectivity index (χ4n) is 2.09. The van der Waals surface area contributed by atoms with Gasteiger partial charge in [0.05, 0.1) is 16.4 Å². The molecule has 21 heavy (non-hydrogen) atoms. The van der Waals surface area contributed by atoms with Gasteiger partial charge in [-0.15, -0.1) is 11.3 Å². The van der Waals surface area contributed by atoms with E-state index in [1.807, 2.05) is 12.3 Å². The van der Waals surface area contributed by atoms with Crippen molar-refractivity contribution in [1.29, 1.82) is 0 Å². The average molecular weight is 303 g/mol. The summed E-state index contributed by atoms with van der Waals surface area (Å²) in [5.74, 6) is -0.461. The van der Waals surface area contributed by atoms with E-state index in [2.05, 4.69) is 20.4 Å². The lowest BCUT2D eigenvalue weighted by atomic mass is 10.1. The highest BCUT2D eigenvalue weighted by molar-refractivity contribution is 7.18. The Morgan fingerprint density at radius 3 is 2.95 bits per heavy atom. The lowest BCUT2D eigenvalue weighted by Gasteiger charge is -2.13. The second-order valence-corrected chi connectivity index (χ2v) is 5.56. The zero-order valence-corrected chi connectivity index (χ0v) is 12.3. The number of fused-ring (bicyclic) bond motifs is 1. The Morgan fingerprint density at radius 2 is 2.29 bits per heavy atom. The summed E-state index contributed by atoms with van der Waals surface area (Å²) in [6, 6.07) is -0.904. The molecule has 7 nitrogen and oxygen atoms in total. The first-order chi connectivity index (χ1) is 10.1. The third-order valence-electron chi connectivity index (χ3n) is 3.12. The van der Waals surface area contributed by atoms with Crippen molar-refractivity contribution in [2.45, 2.75) is 13.0 Å². The van der Waals surface area contributed by atoms with Crippen LogP contribution in [0.15, 0.2) is 24.1 Å². The molecule has 0 radical (unpaired) electrons. The van der Waals surface area contributed by atoms with Crippen molar-refractivity contribution in [1.82, 2.24) is 19.7 Å². The molecule has 0 aliphatic rings. The first-order valence-electron chi connectivity index (χ1n) is 6.23. The van der Waals surface area contributed by atoms with E-state index in [0.29, 0.717) is 11.4 Å². The molecule has 0 aromatic carbocycles. The van der Waals surface area contributed by atoms with Gasteiger partial charge in [-0.2, -0.15) is 5.10 Å². The summed E-state index contributed by atoms with van der Waals surface area (Å²) < 4.78 is 2.42. The van der Waals surface area contributed by atoms with Crippen LogP contribution in [0.25, 0.3) is 10.2 Å². The zero-order valence-electron chi connectivity index (χ0n) is 11.4. The SMILES string of the molecule is Cc1csc2c(NC(C(=O)O)c3cnn(C)c3)ncnc12. The number of hydrogen-bond donors (Lipinski definition) is 2. The molecule has 0 spiro atoms. The minimum absolute atomic E-state index is 0.523. The molecule has 3 aromatic heterocycles. The van der Waals surface area contributed by atoms with Crippen molar-refractivity contribution in [3.8, 4) is 0 Å². The topological polar surface area (TPSA) is 92.9 Å². The molecule has 1 atom stereocenters. The van der Waals surface area contributed by atoms with E-state index in [9.17, 15) is 9.90 Å². The summed E-state index contributed by atoms with van der Waals surface area (Å²) in [5, 5.41) is 18.4. The number of rotatable bonds is 4. The van der Waals surface area contributed by atoms with E-state index in [0.717, 1.165) is 15.8 Å². The van der Waals surface area contributed by atoms with Crippen molar-refractivity contribution in [3.63, 3.8) is 0 Å². The van der Waals surface area contributed by atoms with Gasteiger partial charge in [-0.05, 0) is 17.9 Å². The van der Waals surface area contributed by atoms with Gasteiger partial charge in [-0.25, -0.2) is 14.8 Å². The van der Waals surface area contributed by atoms with Crippen LogP contribution in [-0.4, -0.2) is 30.8 Å². The molecule has 0 fully saturated rings. The summed E-state index contributed by atoms with van der Waals surface area (Å²) >= 11 is 1.49. The molecule has 3 heterocycles. The van der Waals surface area contributed by atoms with Crippen molar-refractivity contribution in [3.05, 3.63) is 35.2 Å². The molecular formula is C13H13N5O2S. The summed E-state index contributed by atoms with van der Waals surface area (Å²) in [7, 11) is 1.74. The summed E-state index contributed by atoms with van der Waals surface area (Å²) in [4.78, 5) is 19.9. The number of anilines is 1. The van der Waals surface area contributed by atoms with Gasteiger partial charge in [-0.1, -0.05) is 0 Å². The highest BCUT2D eigenvalue weighted by Gasteiger charge is 2.23. The molecule has 1 unspecified atom stereocenters. The monoisotopic (exact) mass is 303 g/mol. The third-order valence-corrected chi connectivity index (χ3v) is 4.21. The molecule has 3 rings (SSSR count). The number of aliphatic carboxylic acids is 1. The number of thiophene rings is 1. The molecule has 0 saturated carbocycles. The Labute approximate surface area is 124 Å². The molecular weight excluding hydrogens is 290 g/mol. The van der Waals surface area contributed by atoms with Crippen LogP contribution >= 0.6 is 11.3 Å². The Morgan fingerprint density at radius 1 is 1.48 bits per heavy atom. The molecule has 2 N–H and O–H groups in total. The van der Waals surface area contributed by atoms with Crippen molar-refractivity contribution in [2.24, 2.45) is 7.05 Å². The quantitative estimate of drug-likeness (QED) is 0.765. The lowest BCUT2D eigenvalue weighted by Crippen LogP contribution is -2.20. The fourth-order valence-corrected chi connectivity index (χ4v) is 3.04. The Bertz CT molecular complexity index is 810. The first kappa shape index (κ1) is 13.5. The lowest BCUT2D eigenvalue weighted by molar-refractivity contribution is -0.138. The number of hydrogen-bond acceptors (Lipinski definition) is 6. The van der Waals surface area contributed by atoms with Crippen LogP contribution in [0.1, 0.15) is 17.2 Å². The van der Waals surface area contributed by atoms with Crippen LogP contribution in [0.2, 0.25) is 0 Å². The predicted octanol–water partition coefficient (Wildman–Crippen LogP) is 1.97. The molecule has 108 valence electrons. The van der Waals surface area contributed by atoms with Gasteiger partial charge >= 0.3 is 5.97 Å². The minimum Gasteiger partial charge on any atom is -0.479 e. The Hall–Kier alpha value is -2.48. The second-order valence-electron chi connectivity index (χ2n) is 4.68. The summed E-state index contributed by atoms with van der Waals surface area (Å²) in [6.45, 7) is 1.96. The number of aryl methyl sites for hydroxylation is 2. The average Bonchev–Trinajstić information content (AvgIpc) is 3.03. The first-order valence-corrected chi connectivity index (χ1v) is 7.11. The van der Waals surface area contributed by atoms with Gasteiger partial charge in [0.2, 0.25) is 0 Å². The van der Waals surface area contributed by atoms with Crippen LogP contribution in [-0.2, 0) is 11.8 Å². The van der Waals surface area contributed by atoms with Gasteiger partial charge in [0.15, 0.2) is 6.04 Å². The summed E-state index contributed by atoms with van der Waals surface area (Å²) in [5.41, 5.74) is 2.46. The van der Waals surface area contributed by atoms with Crippen LogP contribution in [0.3, 0.4) is 0 Å². The molecule has 0 aliphatic carbocycles. The maximum absolute atomic E-state index is 11.5. The van der Waals surface area contributed by atoms with Crippen molar-refractivity contribution >= 4 is 33.3 Å². The predicted molar refractivity (Wildman–Crippen MR) is 79.4 cm³/mol.